The molecule has 0 amide bonds. The second-order valence-corrected chi connectivity index (χ2v) is 2.95. The molecule has 0 fully saturated rings. The predicted molar refractivity (Wildman–Crippen MR) is 48.0 cm³/mol. The molecule has 0 radical (unpaired) electrons. The summed E-state index contributed by atoms with van der Waals surface area (Å²) >= 11 is 0. The maximum Gasteiger partial charge on any atom is -0.0178 e. The molecule has 0 aliphatic rings. The topological polar surface area (TPSA) is 0 Å². The Kier molecular flexibility index (Phi) is 5.00. The highest BCUT2D eigenvalue weighted by atomic mass is 14.1. The van der Waals surface area contributed by atoms with Crippen molar-refractivity contribution in [1.29, 1.82) is 0 Å². The Morgan fingerprint density at radius 2 is 2.00 bits per heavy atom. The summed E-state index contributed by atoms with van der Waals surface area (Å²) in [6.45, 7) is 10.3. The molecule has 10 heavy (non-hydrogen) atoms. The van der Waals surface area contributed by atoms with Gasteiger partial charge in [-0.25, -0.2) is 0 Å². The van der Waals surface area contributed by atoms with Crippen LogP contribution in [-0.2, 0) is 0 Å². The molecule has 0 nitrogen and oxygen atoms in total. The first-order valence-electron chi connectivity index (χ1n) is 3.96. The van der Waals surface area contributed by atoms with E-state index in [1.165, 1.54) is 0 Å². The molecule has 0 rings (SSSR count). The van der Waals surface area contributed by atoms with Crippen molar-refractivity contribution in [2.75, 3.05) is 0 Å². The molecule has 0 saturated heterocycles. The van der Waals surface area contributed by atoms with Gasteiger partial charge in [-0.15, -0.1) is 6.58 Å². The van der Waals surface area contributed by atoms with E-state index >= 15 is 0 Å². The van der Waals surface area contributed by atoms with E-state index in [1.54, 1.807) is 0 Å². The number of hydrogen-bond acceptors (Lipinski definition) is 0. The highest BCUT2D eigenvalue weighted by Gasteiger charge is 2.05. The van der Waals surface area contributed by atoms with Crippen LogP contribution in [0, 0.1) is 11.8 Å². The molecule has 0 bridgehead atoms. The lowest BCUT2D eigenvalue weighted by Gasteiger charge is -2.13. The molecule has 0 aromatic heterocycles. The zero-order valence-corrected chi connectivity index (χ0v) is 7.30. The van der Waals surface area contributed by atoms with Gasteiger partial charge in [-0.2, -0.15) is 0 Å². The van der Waals surface area contributed by atoms with Gasteiger partial charge in [0.15, 0.2) is 0 Å². The van der Waals surface area contributed by atoms with Crippen LogP contribution in [0.15, 0.2) is 24.8 Å². The lowest BCUT2D eigenvalue weighted by Crippen LogP contribution is -2.03. The van der Waals surface area contributed by atoms with Crippen molar-refractivity contribution in [3.63, 3.8) is 0 Å². The summed E-state index contributed by atoms with van der Waals surface area (Å²) in [6, 6.07) is 0. The van der Waals surface area contributed by atoms with Crippen molar-refractivity contribution in [3.8, 4) is 0 Å². The third-order valence-corrected chi connectivity index (χ3v) is 1.80. The Morgan fingerprint density at radius 3 is 2.30 bits per heavy atom. The highest BCUT2D eigenvalue weighted by molar-refractivity contribution is 4.89. The smallest absolute Gasteiger partial charge is 0.0178 e. The van der Waals surface area contributed by atoms with Crippen molar-refractivity contribution >= 4 is 0 Å². The maximum absolute atomic E-state index is 3.80. The summed E-state index contributed by atoms with van der Waals surface area (Å²) in [5, 5.41) is 0. The van der Waals surface area contributed by atoms with E-state index in [9.17, 15) is 0 Å². The van der Waals surface area contributed by atoms with E-state index in [1.807, 2.05) is 6.08 Å². The molecule has 0 aliphatic heterocycles. The SMILES string of the molecule is C=CC(C/C=C\C)C(C)C. The van der Waals surface area contributed by atoms with Gasteiger partial charge in [-0.1, -0.05) is 32.1 Å². The molecule has 0 spiro atoms. The number of allylic oxidation sites excluding steroid dienone is 3. The first kappa shape index (κ1) is 9.48. The van der Waals surface area contributed by atoms with Gasteiger partial charge in [-0.05, 0) is 25.2 Å². The van der Waals surface area contributed by atoms with Crippen LogP contribution in [0.1, 0.15) is 27.2 Å². The zero-order chi connectivity index (χ0) is 7.98. The average molecular weight is 138 g/mol. The Bertz CT molecular complexity index is 109. The summed E-state index contributed by atoms with van der Waals surface area (Å²) in [7, 11) is 0. The van der Waals surface area contributed by atoms with Crippen molar-refractivity contribution in [1.82, 2.24) is 0 Å². The lowest BCUT2D eigenvalue weighted by atomic mass is 9.93. The standard InChI is InChI=1S/C10H18/c1-5-7-8-10(6-2)9(3)4/h5-7,9-10H,2,8H2,1,3-4H3/b7-5-. The summed E-state index contributed by atoms with van der Waals surface area (Å²) < 4.78 is 0. The molecule has 58 valence electrons. The van der Waals surface area contributed by atoms with Gasteiger partial charge >= 0.3 is 0 Å². The number of hydrogen-bond donors (Lipinski definition) is 0. The normalized spacial score (nSPS) is 14.4. The van der Waals surface area contributed by atoms with Gasteiger partial charge in [-0.3, -0.25) is 0 Å². The summed E-state index contributed by atoms with van der Waals surface area (Å²) in [5.41, 5.74) is 0. The minimum Gasteiger partial charge on any atom is -0.103 e. The third kappa shape index (κ3) is 3.49. The fourth-order valence-corrected chi connectivity index (χ4v) is 0.934. The Balaban J connectivity index is 3.71. The van der Waals surface area contributed by atoms with E-state index in [4.69, 9.17) is 0 Å². The summed E-state index contributed by atoms with van der Waals surface area (Å²) in [5.74, 6) is 1.37. The first-order chi connectivity index (χ1) is 4.72. The van der Waals surface area contributed by atoms with Crippen LogP contribution in [0.2, 0.25) is 0 Å². The minimum absolute atomic E-state index is 0.649. The van der Waals surface area contributed by atoms with Crippen molar-refractivity contribution in [3.05, 3.63) is 24.8 Å². The van der Waals surface area contributed by atoms with Gasteiger partial charge in [0, 0.05) is 0 Å². The molecule has 0 aromatic rings. The van der Waals surface area contributed by atoms with Gasteiger partial charge in [0.1, 0.15) is 0 Å². The van der Waals surface area contributed by atoms with E-state index in [0.717, 1.165) is 6.42 Å². The van der Waals surface area contributed by atoms with Crippen molar-refractivity contribution < 1.29 is 0 Å². The highest BCUT2D eigenvalue weighted by Crippen LogP contribution is 2.16. The monoisotopic (exact) mass is 138 g/mol. The second-order valence-electron chi connectivity index (χ2n) is 2.95. The van der Waals surface area contributed by atoms with Crippen molar-refractivity contribution in [2.24, 2.45) is 11.8 Å². The lowest BCUT2D eigenvalue weighted by molar-refractivity contribution is 0.471. The molecular formula is C10H18. The van der Waals surface area contributed by atoms with Crippen LogP contribution in [0.25, 0.3) is 0 Å². The minimum atomic E-state index is 0.649. The fraction of sp³-hybridized carbons (Fsp3) is 0.600. The van der Waals surface area contributed by atoms with Gasteiger partial charge in [0.2, 0.25) is 0 Å². The largest absolute Gasteiger partial charge is 0.103 e. The Hall–Kier alpha value is -0.520. The van der Waals surface area contributed by atoms with E-state index in [-0.39, 0.29) is 0 Å². The molecule has 0 heteroatoms. The second kappa shape index (κ2) is 5.28. The maximum atomic E-state index is 3.80. The van der Waals surface area contributed by atoms with Crippen LogP contribution in [0.5, 0.6) is 0 Å². The molecule has 0 aromatic carbocycles. The van der Waals surface area contributed by atoms with E-state index in [0.29, 0.717) is 11.8 Å². The van der Waals surface area contributed by atoms with Crippen LogP contribution in [0.4, 0.5) is 0 Å². The van der Waals surface area contributed by atoms with Crippen LogP contribution in [-0.4, -0.2) is 0 Å². The first-order valence-corrected chi connectivity index (χ1v) is 3.96. The van der Waals surface area contributed by atoms with Crippen LogP contribution in [0.3, 0.4) is 0 Å². The third-order valence-electron chi connectivity index (χ3n) is 1.80. The van der Waals surface area contributed by atoms with E-state index < -0.39 is 0 Å². The van der Waals surface area contributed by atoms with Gasteiger partial charge < -0.3 is 0 Å². The molecule has 0 aliphatic carbocycles. The van der Waals surface area contributed by atoms with E-state index in [2.05, 4.69) is 39.5 Å². The van der Waals surface area contributed by atoms with Crippen molar-refractivity contribution in [2.45, 2.75) is 27.2 Å². The van der Waals surface area contributed by atoms with Crippen LogP contribution < -0.4 is 0 Å². The summed E-state index contributed by atoms with van der Waals surface area (Å²) in [4.78, 5) is 0. The predicted octanol–water partition coefficient (Wildman–Crippen LogP) is 3.41. The fourth-order valence-electron chi connectivity index (χ4n) is 0.934. The van der Waals surface area contributed by atoms with Gasteiger partial charge in [0.25, 0.3) is 0 Å². The summed E-state index contributed by atoms with van der Waals surface area (Å²) in [6.07, 6.45) is 7.48. The average Bonchev–Trinajstić information content (AvgIpc) is 1.89. The van der Waals surface area contributed by atoms with Gasteiger partial charge in [0.05, 0.1) is 0 Å². The Morgan fingerprint density at radius 1 is 1.40 bits per heavy atom. The quantitative estimate of drug-likeness (QED) is 0.522. The zero-order valence-electron chi connectivity index (χ0n) is 7.30. The molecule has 0 saturated carbocycles. The molecule has 1 atom stereocenters. The van der Waals surface area contributed by atoms with Crippen LogP contribution >= 0.6 is 0 Å². The molecule has 0 heterocycles. The molecule has 1 unspecified atom stereocenters. The number of rotatable bonds is 4. The Labute approximate surface area is 64.6 Å². The molecule has 0 N–H and O–H groups in total. The molecular weight excluding hydrogens is 120 g/mol.